The minimum absolute atomic E-state index is 0.0988. The van der Waals surface area contributed by atoms with Crippen molar-refractivity contribution in [2.45, 2.75) is 25.0 Å². The molecule has 1 saturated heterocycles. The van der Waals surface area contributed by atoms with Crippen molar-refractivity contribution < 1.29 is 14.3 Å². The fourth-order valence-corrected chi connectivity index (χ4v) is 2.79. The molecule has 6 heteroatoms. The van der Waals surface area contributed by atoms with Gasteiger partial charge in [0.25, 0.3) is 0 Å². The number of hydrogen-bond acceptors (Lipinski definition) is 4. The number of ether oxygens (including phenoxy) is 2. The molecule has 1 aliphatic rings. The number of amides is 1. The molecule has 23 heavy (non-hydrogen) atoms. The van der Waals surface area contributed by atoms with Crippen LogP contribution in [0.15, 0.2) is 36.7 Å². The van der Waals surface area contributed by atoms with Crippen molar-refractivity contribution in [2.75, 3.05) is 13.7 Å². The molecule has 1 aromatic heterocycles. The van der Waals surface area contributed by atoms with Crippen LogP contribution in [0.25, 0.3) is 0 Å². The summed E-state index contributed by atoms with van der Waals surface area (Å²) in [5.74, 6) is 1.41. The third-order valence-electron chi connectivity index (χ3n) is 4.05. The maximum Gasteiger partial charge on any atom is 0.249 e. The summed E-state index contributed by atoms with van der Waals surface area (Å²) in [4.78, 5) is 16.9. The highest BCUT2D eigenvalue weighted by Crippen LogP contribution is 2.25. The Bertz CT molecular complexity index is 677. The lowest BCUT2D eigenvalue weighted by Crippen LogP contribution is -2.38. The smallest absolute Gasteiger partial charge is 0.249 e. The predicted octanol–water partition coefficient (Wildman–Crippen LogP) is 1.81. The molecule has 0 bridgehead atoms. The normalized spacial score (nSPS) is 18.6. The van der Waals surface area contributed by atoms with Crippen molar-refractivity contribution in [3.63, 3.8) is 0 Å². The maximum absolute atomic E-state index is 12.5. The van der Waals surface area contributed by atoms with Crippen molar-refractivity contribution in [3.05, 3.63) is 48.0 Å². The van der Waals surface area contributed by atoms with Crippen LogP contribution in [0.1, 0.15) is 30.3 Å². The minimum Gasteiger partial charge on any atom is -0.497 e. The second-order valence-electron chi connectivity index (χ2n) is 5.62. The number of rotatable bonds is 5. The van der Waals surface area contributed by atoms with Gasteiger partial charge in [0.15, 0.2) is 0 Å². The maximum atomic E-state index is 12.5. The Kier molecular flexibility index (Phi) is 4.62. The second kappa shape index (κ2) is 6.83. The molecule has 1 aliphatic heterocycles. The molecule has 122 valence electrons. The van der Waals surface area contributed by atoms with E-state index in [9.17, 15) is 4.79 Å². The molecule has 2 atom stereocenters. The molecule has 1 fully saturated rings. The highest BCUT2D eigenvalue weighted by molar-refractivity contribution is 5.81. The minimum atomic E-state index is -0.372. The molecule has 1 amide bonds. The molecule has 2 aromatic rings. The van der Waals surface area contributed by atoms with E-state index in [1.807, 2.05) is 42.1 Å². The molecule has 6 nitrogen and oxygen atoms in total. The number of methoxy groups -OCH3 is 1. The lowest BCUT2D eigenvalue weighted by molar-refractivity contribution is -0.130. The molecule has 0 aliphatic carbocycles. The fourth-order valence-electron chi connectivity index (χ4n) is 2.79. The standard InChI is InChI=1S/C17H21N3O3/c1-20-9-8-18-16(20)15(12-5-3-6-13(11-12)22-2)19-17(21)14-7-4-10-23-14/h3,5-6,8-9,11,14-15H,4,7,10H2,1-2H3,(H,19,21)/t14-,15?/m1/s1. The highest BCUT2D eigenvalue weighted by Gasteiger charge is 2.28. The zero-order valence-electron chi connectivity index (χ0n) is 13.4. The van der Waals surface area contributed by atoms with Crippen LogP contribution >= 0.6 is 0 Å². The first-order valence-corrected chi connectivity index (χ1v) is 7.72. The van der Waals surface area contributed by atoms with Crippen LogP contribution in [0.4, 0.5) is 0 Å². The SMILES string of the molecule is COc1cccc(C(NC(=O)[C@H]2CCCO2)c2nccn2C)c1. The number of aryl methyl sites for hydroxylation is 1. The summed E-state index contributed by atoms with van der Waals surface area (Å²) in [5, 5.41) is 3.07. The van der Waals surface area contributed by atoms with E-state index in [0.29, 0.717) is 6.61 Å². The Morgan fingerprint density at radius 2 is 2.39 bits per heavy atom. The zero-order valence-corrected chi connectivity index (χ0v) is 13.4. The van der Waals surface area contributed by atoms with Crippen LogP contribution in [0.3, 0.4) is 0 Å². The van der Waals surface area contributed by atoms with Crippen molar-refractivity contribution in [2.24, 2.45) is 7.05 Å². The van der Waals surface area contributed by atoms with Gasteiger partial charge in [0, 0.05) is 26.0 Å². The molecule has 3 rings (SSSR count). The summed E-state index contributed by atoms with van der Waals surface area (Å²) in [7, 11) is 3.54. The molecule has 2 heterocycles. The summed E-state index contributed by atoms with van der Waals surface area (Å²) in [6, 6.07) is 7.30. The largest absolute Gasteiger partial charge is 0.497 e. The van der Waals surface area contributed by atoms with Crippen molar-refractivity contribution in [3.8, 4) is 5.75 Å². The zero-order chi connectivity index (χ0) is 16.2. The molecule has 0 saturated carbocycles. The molecule has 1 N–H and O–H groups in total. The number of hydrogen-bond donors (Lipinski definition) is 1. The molecule has 1 aromatic carbocycles. The van der Waals surface area contributed by atoms with Crippen molar-refractivity contribution >= 4 is 5.91 Å². The van der Waals surface area contributed by atoms with E-state index in [-0.39, 0.29) is 18.1 Å². The lowest BCUT2D eigenvalue weighted by atomic mass is 10.0. The summed E-state index contributed by atoms with van der Waals surface area (Å²) in [5.41, 5.74) is 0.921. The van der Waals surface area contributed by atoms with Crippen molar-refractivity contribution in [1.82, 2.24) is 14.9 Å². The Labute approximate surface area is 135 Å². The van der Waals surface area contributed by atoms with E-state index >= 15 is 0 Å². The van der Waals surface area contributed by atoms with E-state index in [1.54, 1.807) is 13.3 Å². The van der Waals surface area contributed by atoms with E-state index < -0.39 is 0 Å². The van der Waals surface area contributed by atoms with Crippen LogP contribution < -0.4 is 10.1 Å². The molecule has 0 spiro atoms. The third kappa shape index (κ3) is 3.37. The summed E-state index contributed by atoms with van der Waals surface area (Å²) in [6.45, 7) is 0.643. The van der Waals surface area contributed by atoms with Crippen LogP contribution in [0.5, 0.6) is 5.75 Å². The predicted molar refractivity (Wildman–Crippen MR) is 85.2 cm³/mol. The Balaban J connectivity index is 1.90. The highest BCUT2D eigenvalue weighted by atomic mass is 16.5. The number of benzene rings is 1. The summed E-state index contributed by atoms with van der Waals surface area (Å²) >= 11 is 0. The molecule has 0 radical (unpaired) electrons. The van der Waals surface area contributed by atoms with Gasteiger partial charge in [-0.3, -0.25) is 4.79 Å². The Hall–Kier alpha value is -2.34. The van der Waals surface area contributed by atoms with Crippen LogP contribution in [0, 0.1) is 0 Å². The summed E-state index contributed by atoms with van der Waals surface area (Å²) < 4.78 is 12.7. The quantitative estimate of drug-likeness (QED) is 0.914. The van der Waals surface area contributed by atoms with Gasteiger partial charge in [-0.2, -0.15) is 0 Å². The van der Waals surface area contributed by atoms with Crippen molar-refractivity contribution in [1.29, 1.82) is 0 Å². The van der Waals surface area contributed by atoms with E-state index in [2.05, 4.69) is 10.3 Å². The van der Waals surface area contributed by atoms with Gasteiger partial charge < -0.3 is 19.4 Å². The van der Waals surface area contributed by atoms with E-state index in [0.717, 1.165) is 30.0 Å². The van der Waals surface area contributed by atoms with Gasteiger partial charge in [-0.25, -0.2) is 4.98 Å². The number of nitrogens with one attached hydrogen (secondary N) is 1. The number of carbonyl (C=O) groups is 1. The molecule has 1 unspecified atom stereocenters. The number of carbonyl (C=O) groups excluding carboxylic acids is 1. The summed E-state index contributed by atoms with van der Waals surface area (Å²) in [6.07, 6.45) is 4.89. The number of nitrogens with zero attached hydrogens (tertiary/aromatic N) is 2. The monoisotopic (exact) mass is 315 g/mol. The topological polar surface area (TPSA) is 65.4 Å². The van der Waals surface area contributed by atoms with Gasteiger partial charge >= 0.3 is 0 Å². The van der Waals surface area contributed by atoms with Crippen LogP contribution in [-0.2, 0) is 16.6 Å². The fraction of sp³-hybridized carbons (Fsp3) is 0.412. The van der Waals surface area contributed by atoms with Gasteiger partial charge in [0.1, 0.15) is 23.7 Å². The van der Waals surface area contributed by atoms with Gasteiger partial charge in [0.05, 0.1) is 7.11 Å². The lowest BCUT2D eigenvalue weighted by Gasteiger charge is -2.21. The van der Waals surface area contributed by atoms with E-state index in [1.165, 1.54) is 0 Å². The van der Waals surface area contributed by atoms with E-state index in [4.69, 9.17) is 9.47 Å². The first-order valence-electron chi connectivity index (χ1n) is 7.72. The molecular weight excluding hydrogens is 294 g/mol. The molecular formula is C17H21N3O3. The van der Waals surface area contributed by atoms with Crippen LogP contribution in [-0.4, -0.2) is 35.3 Å². The third-order valence-corrected chi connectivity index (χ3v) is 4.05. The Morgan fingerprint density at radius 1 is 1.52 bits per heavy atom. The van der Waals surface area contributed by atoms with Gasteiger partial charge in [0.2, 0.25) is 5.91 Å². The Morgan fingerprint density at radius 3 is 3.04 bits per heavy atom. The second-order valence-corrected chi connectivity index (χ2v) is 5.62. The average Bonchev–Trinajstić information content (AvgIpc) is 3.24. The first kappa shape index (κ1) is 15.6. The van der Waals surface area contributed by atoms with Gasteiger partial charge in [-0.15, -0.1) is 0 Å². The van der Waals surface area contributed by atoms with Crippen LogP contribution in [0.2, 0.25) is 0 Å². The number of aromatic nitrogens is 2. The van der Waals surface area contributed by atoms with Gasteiger partial charge in [-0.05, 0) is 30.5 Å². The first-order chi connectivity index (χ1) is 11.2. The number of imidazole rings is 1. The van der Waals surface area contributed by atoms with Gasteiger partial charge in [-0.1, -0.05) is 12.1 Å². The average molecular weight is 315 g/mol.